The van der Waals surface area contributed by atoms with E-state index in [0.29, 0.717) is 5.56 Å². The molecule has 0 unspecified atom stereocenters. The summed E-state index contributed by atoms with van der Waals surface area (Å²) in [6.07, 6.45) is 9.35. The summed E-state index contributed by atoms with van der Waals surface area (Å²) in [4.78, 5) is 13.7. The molecule has 2 rings (SSSR count). The maximum absolute atomic E-state index is 12.5. The Morgan fingerprint density at radius 2 is 1.74 bits per heavy atom. The van der Waals surface area contributed by atoms with E-state index in [1.54, 1.807) is 6.08 Å². The summed E-state index contributed by atoms with van der Waals surface area (Å²) in [5.41, 5.74) is 1.65. The lowest BCUT2D eigenvalue weighted by molar-refractivity contribution is 0.104. The van der Waals surface area contributed by atoms with Gasteiger partial charge in [0.15, 0.2) is 5.78 Å². The van der Waals surface area contributed by atoms with Crippen LogP contribution in [0, 0.1) is 0 Å². The van der Waals surface area contributed by atoms with Gasteiger partial charge in [0.05, 0.1) is 6.61 Å². The van der Waals surface area contributed by atoms with Crippen LogP contribution in [0.5, 0.6) is 5.75 Å². The number of rotatable bonds is 12. The van der Waals surface area contributed by atoms with E-state index < -0.39 is 0 Å². The molecule has 3 heteroatoms. The third kappa shape index (κ3) is 7.64. The van der Waals surface area contributed by atoms with Gasteiger partial charge in [0.2, 0.25) is 0 Å². The highest BCUT2D eigenvalue weighted by Crippen LogP contribution is 2.22. The molecule has 0 saturated carbocycles. The minimum atomic E-state index is 0.0137. The Kier molecular flexibility index (Phi) is 9.78. The number of unbranched alkanes of at least 4 members (excludes halogenated alkanes) is 3. The Morgan fingerprint density at radius 1 is 0.963 bits per heavy atom. The summed E-state index contributed by atoms with van der Waals surface area (Å²) in [5.74, 6) is 1.95. The molecule has 0 radical (unpaired) electrons. The molecule has 0 heterocycles. The summed E-state index contributed by atoms with van der Waals surface area (Å²) in [5, 5.41) is 0. The van der Waals surface area contributed by atoms with Gasteiger partial charge in [-0.15, -0.1) is 11.8 Å². The summed E-state index contributed by atoms with van der Waals surface area (Å²) in [7, 11) is 0. The van der Waals surface area contributed by atoms with Crippen molar-refractivity contribution in [1.29, 1.82) is 0 Å². The third-order valence-electron chi connectivity index (χ3n) is 4.20. The Balaban J connectivity index is 1.95. The van der Waals surface area contributed by atoms with Gasteiger partial charge >= 0.3 is 0 Å². The van der Waals surface area contributed by atoms with E-state index in [2.05, 4.69) is 13.8 Å². The highest BCUT2D eigenvalue weighted by Gasteiger charge is 2.04. The lowest BCUT2D eigenvalue weighted by Gasteiger charge is -2.09. The van der Waals surface area contributed by atoms with Crippen LogP contribution in [0.2, 0.25) is 0 Å². The van der Waals surface area contributed by atoms with Crippen molar-refractivity contribution in [2.24, 2.45) is 0 Å². The molecule has 0 aromatic heterocycles. The summed E-state index contributed by atoms with van der Waals surface area (Å²) < 4.78 is 5.91. The van der Waals surface area contributed by atoms with Gasteiger partial charge in [-0.25, -0.2) is 0 Å². The van der Waals surface area contributed by atoms with E-state index in [1.165, 1.54) is 24.2 Å². The van der Waals surface area contributed by atoms with E-state index in [-0.39, 0.29) is 5.78 Å². The minimum absolute atomic E-state index is 0.0137. The zero-order chi connectivity index (χ0) is 19.3. The molecular weight excluding hydrogens is 352 g/mol. The lowest BCUT2D eigenvalue weighted by Crippen LogP contribution is -1.99. The fourth-order valence-corrected chi connectivity index (χ4v) is 3.43. The Labute approximate surface area is 168 Å². The summed E-state index contributed by atoms with van der Waals surface area (Å²) >= 11 is 1.82. The Bertz CT molecular complexity index is 719. The molecule has 0 N–H and O–H groups in total. The van der Waals surface area contributed by atoms with E-state index >= 15 is 0 Å². The maximum Gasteiger partial charge on any atom is 0.185 e. The molecule has 0 aliphatic rings. The fourth-order valence-electron chi connectivity index (χ4n) is 2.66. The van der Waals surface area contributed by atoms with Crippen LogP contribution in [-0.4, -0.2) is 18.1 Å². The molecule has 0 aliphatic carbocycles. The van der Waals surface area contributed by atoms with Crippen molar-refractivity contribution < 1.29 is 9.53 Å². The van der Waals surface area contributed by atoms with Crippen LogP contribution in [0.1, 0.15) is 61.9 Å². The maximum atomic E-state index is 12.5. The van der Waals surface area contributed by atoms with Gasteiger partial charge in [0.25, 0.3) is 0 Å². The van der Waals surface area contributed by atoms with Gasteiger partial charge in [0.1, 0.15) is 5.75 Å². The van der Waals surface area contributed by atoms with Crippen LogP contribution >= 0.6 is 11.8 Å². The van der Waals surface area contributed by atoms with Gasteiger partial charge < -0.3 is 4.74 Å². The topological polar surface area (TPSA) is 26.3 Å². The highest BCUT2D eigenvalue weighted by atomic mass is 32.2. The van der Waals surface area contributed by atoms with Crippen LogP contribution in [0.25, 0.3) is 6.08 Å². The normalized spacial score (nSPS) is 11.0. The number of benzene rings is 2. The highest BCUT2D eigenvalue weighted by molar-refractivity contribution is 7.99. The van der Waals surface area contributed by atoms with E-state index in [9.17, 15) is 4.79 Å². The second-order valence-electron chi connectivity index (χ2n) is 6.52. The SMILES string of the molecule is CCCCCCOc1ccccc1/C=C/C(=O)c1ccc(SCCC)cc1. The number of allylic oxidation sites excluding steroid dienone is 1. The summed E-state index contributed by atoms with van der Waals surface area (Å²) in [6.45, 7) is 5.09. The van der Waals surface area contributed by atoms with Gasteiger partial charge in [-0.1, -0.05) is 51.3 Å². The zero-order valence-corrected chi connectivity index (χ0v) is 17.3. The molecule has 0 aliphatic heterocycles. The molecule has 2 aromatic carbocycles. The second kappa shape index (κ2) is 12.4. The van der Waals surface area contributed by atoms with Crippen molar-refractivity contribution in [3.05, 3.63) is 65.7 Å². The average Bonchev–Trinajstić information content (AvgIpc) is 2.71. The van der Waals surface area contributed by atoms with Gasteiger partial charge in [0, 0.05) is 16.0 Å². The molecule has 144 valence electrons. The first-order valence-corrected chi connectivity index (χ1v) is 10.9. The van der Waals surface area contributed by atoms with Gasteiger partial charge in [-0.05, 0) is 61.1 Å². The molecular formula is C24H30O2S. The van der Waals surface area contributed by atoms with Gasteiger partial charge in [-0.3, -0.25) is 4.79 Å². The van der Waals surface area contributed by atoms with Gasteiger partial charge in [-0.2, -0.15) is 0 Å². The standard InChI is InChI=1S/C24H30O2S/c1-3-5-6-9-18-26-24-11-8-7-10-21(24)14-17-23(25)20-12-15-22(16-13-20)27-19-4-2/h7-8,10-17H,3-6,9,18-19H2,1-2H3/b17-14+. The first kappa shape index (κ1) is 21.3. The largest absolute Gasteiger partial charge is 0.493 e. The quantitative estimate of drug-likeness (QED) is 0.170. The molecule has 2 aromatic rings. The van der Waals surface area contributed by atoms with Crippen molar-refractivity contribution in [3.63, 3.8) is 0 Å². The number of hydrogen-bond donors (Lipinski definition) is 0. The lowest BCUT2D eigenvalue weighted by atomic mass is 10.1. The number of ether oxygens (including phenoxy) is 1. The van der Waals surface area contributed by atoms with Crippen molar-refractivity contribution >= 4 is 23.6 Å². The second-order valence-corrected chi connectivity index (χ2v) is 7.69. The number of carbonyl (C=O) groups is 1. The number of para-hydroxylation sites is 1. The third-order valence-corrected chi connectivity index (χ3v) is 5.42. The summed E-state index contributed by atoms with van der Waals surface area (Å²) in [6, 6.07) is 15.7. The molecule has 0 atom stereocenters. The van der Waals surface area contributed by atoms with Crippen LogP contribution < -0.4 is 4.74 Å². The monoisotopic (exact) mass is 382 g/mol. The Hall–Kier alpha value is -2.00. The minimum Gasteiger partial charge on any atom is -0.493 e. The predicted octanol–water partition coefficient (Wildman–Crippen LogP) is 7.04. The van der Waals surface area contributed by atoms with E-state index in [1.807, 2.05) is 66.4 Å². The van der Waals surface area contributed by atoms with Crippen molar-refractivity contribution in [1.82, 2.24) is 0 Å². The van der Waals surface area contributed by atoms with E-state index in [4.69, 9.17) is 4.74 Å². The predicted molar refractivity (Wildman–Crippen MR) is 117 cm³/mol. The molecule has 0 amide bonds. The number of thioether (sulfide) groups is 1. The molecule has 0 bridgehead atoms. The smallest absolute Gasteiger partial charge is 0.185 e. The zero-order valence-electron chi connectivity index (χ0n) is 16.4. The van der Waals surface area contributed by atoms with Crippen molar-refractivity contribution in [3.8, 4) is 5.75 Å². The fraction of sp³-hybridized carbons (Fsp3) is 0.375. The van der Waals surface area contributed by atoms with Crippen LogP contribution in [-0.2, 0) is 0 Å². The number of carbonyl (C=O) groups excluding carboxylic acids is 1. The molecule has 0 saturated heterocycles. The molecule has 2 nitrogen and oxygen atoms in total. The van der Waals surface area contributed by atoms with Crippen LogP contribution in [0.4, 0.5) is 0 Å². The van der Waals surface area contributed by atoms with Crippen LogP contribution in [0.3, 0.4) is 0 Å². The first-order chi connectivity index (χ1) is 13.2. The average molecular weight is 383 g/mol. The number of ketones is 1. The Morgan fingerprint density at radius 3 is 2.48 bits per heavy atom. The molecule has 0 spiro atoms. The van der Waals surface area contributed by atoms with E-state index in [0.717, 1.165) is 36.5 Å². The van der Waals surface area contributed by atoms with Crippen molar-refractivity contribution in [2.75, 3.05) is 12.4 Å². The number of hydrogen-bond acceptors (Lipinski definition) is 3. The first-order valence-electron chi connectivity index (χ1n) is 9.91. The van der Waals surface area contributed by atoms with Crippen molar-refractivity contribution in [2.45, 2.75) is 50.8 Å². The van der Waals surface area contributed by atoms with Crippen LogP contribution in [0.15, 0.2) is 59.5 Å². The molecule has 27 heavy (non-hydrogen) atoms. The molecule has 0 fully saturated rings.